The monoisotopic (exact) mass is 253 g/mol. The number of rotatable bonds is 3. The van der Waals surface area contributed by atoms with Crippen LogP contribution in [0, 0.1) is 13.8 Å². The standard InChI is InChI=1S/C10H11N3O3S/c1-7-10(8(2)16-12-7)17(14,15)13-9-5-3-4-6-11-9/h3-6H,1-2H3,(H,11,13). The maximum Gasteiger partial charge on any atom is 0.268 e. The molecule has 17 heavy (non-hydrogen) atoms. The Labute approximate surface area is 98.7 Å². The van der Waals surface area contributed by atoms with Crippen molar-refractivity contribution in [1.29, 1.82) is 0 Å². The first-order valence-corrected chi connectivity index (χ1v) is 6.36. The highest BCUT2D eigenvalue weighted by molar-refractivity contribution is 7.92. The lowest BCUT2D eigenvalue weighted by atomic mass is 10.4. The number of sulfonamides is 1. The van der Waals surface area contributed by atoms with Crippen molar-refractivity contribution in [2.45, 2.75) is 18.7 Å². The van der Waals surface area contributed by atoms with Gasteiger partial charge in [-0.05, 0) is 26.0 Å². The second kappa shape index (κ2) is 4.17. The van der Waals surface area contributed by atoms with E-state index in [1.54, 1.807) is 32.0 Å². The summed E-state index contributed by atoms with van der Waals surface area (Å²) < 4.78 is 31.3. The van der Waals surface area contributed by atoms with Crippen LogP contribution in [0.1, 0.15) is 11.5 Å². The Hall–Kier alpha value is -1.89. The molecule has 0 saturated heterocycles. The molecule has 0 spiro atoms. The zero-order valence-corrected chi connectivity index (χ0v) is 10.2. The fraction of sp³-hybridized carbons (Fsp3) is 0.200. The van der Waals surface area contributed by atoms with E-state index in [1.807, 2.05) is 0 Å². The predicted molar refractivity (Wildman–Crippen MR) is 61.0 cm³/mol. The van der Waals surface area contributed by atoms with Crippen LogP contribution in [0.25, 0.3) is 0 Å². The Morgan fingerprint density at radius 1 is 1.29 bits per heavy atom. The fourth-order valence-electron chi connectivity index (χ4n) is 1.47. The van der Waals surface area contributed by atoms with Crippen LogP contribution in [-0.2, 0) is 10.0 Å². The van der Waals surface area contributed by atoms with Gasteiger partial charge in [-0.2, -0.15) is 0 Å². The molecule has 0 amide bonds. The summed E-state index contributed by atoms with van der Waals surface area (Å²) in [5.74, 6) is 0.512. The van der Waals surface area contributed by atoms with Crippen LogP contribution in [0.15, 0.2) is 33.8 Å². The summed E-state index contributed by atoms with van der Waals surface area (Å²) in [6.45, 7) is 3.12. The molecule has 0 atom stereocenters. The van der Waals surface area contributed by atoms with Crippen molar-refractivity contribution >= 4 is 15.8 Å². The van der Waals surface area contributed by atoms with Crippen molar-refractivity contribution in [3.8, 4) is 0 Å². The molecular formula is C10H11N3O3S. The third-order valence-electron chi connectivity index (χ3n) is 2.14. The summed E-state index contributed by atoms with van der Waals surface area (Å²) in [4.78, 5) is 3.95. The molecule has 0 saturated carbocycles. The van der Waals surface area contributed by atoms with Crippen molar-refractivity contribution in [3.63, 3.8) is 0 Å². The van der Waals surface area contributed by atoms with Crippen molar-refractivity contribution in [2.75, 3.05) is 4.72 Å². The molecule has 0 unspecified atom stereocenters. The van der Waals surface area contributed by atoms with E-state index >= 15 is 0 Å². The summed E-state index contributed by atoms with van der Waals surface area (Å²) in [5, 5.41) is 3.61. The van der Waals surface area contributed by atoms with Crippen molar-refractivity contribution in [1.82, 2.24) is 10.1 Å². The summed E-state index contributed by atoms with van der Waals surface area (Å²) in [6, 6.07) is 4.96. The zero-order chi connectivity index (χ0) is 12.5. The number of hydrogen-bond acceptors (Lipinski definition) is 5. The van der Waals surface area contributed by atoms with Gasteiger partial charge in [-0.15, -0.1) is 0 Å². The Balaban J connectivity index is 2.39. The van der Waals surface area contributed by atoms with Crippen molar-refractivity contribution in [3.05, 3.63) is 35.9 Å². The molecule has 0 radical (unpaired) electrons. The number of aromatic nitrogens is 2. The Bertz CT molecular complexity index is 600. The maximum atomic E-state index is 12.1. The van der Waals surface area contributed by atoms with Crippen molar-refractivity contribution < 1.29 is 12.9 Å². The number of aryl methyl sites for hydroxylation is 2. The second-order valence-corrected chi connectivity index (χ2v) is 5.09. The predicted octanol–water partition coefficient (Wildman–Crippen LogP) is 1.49. The Kier molecular flexibility index (Phi) is 2.84. The smallest absolute Gasteiger partial charge is 0.268 e. The first kappa shape index (κ1) is 11.6. The van der Waals surface area contributed by atoms with Gasteiger partial charge in [0, 0.05) is 6.20 Å². The first-order chi connectivity index (χ1) is 8.00. The quantitative estimate of drug-likeness (QED) is 0.895. The van der Waals surface area contributed by atoms with Crippen LogP contribution in [-0.4, -0.2) is 18.6 Å². The summed E-state index contributed by atoms with van der Waals surface area (Å²) >= 11 is 0. The third kappa shape index (κ3) is 2.28. The minimum Gasteiger partial charge on any atom is -0.360 e. The van der Waals surface area contributed by atoms with Gasteiger partial charge in [-0.3, -0.25) is 4.72 Å². The van der Waals surface area contributed by atoms with Crippen LogP contribution in [0.3, 0.4) is 0 Å². The molecular weight excluding hydrogens is 242 g/mol. The average Bonchev–Trinajstić information content (AvgIpc) is 2.59. The van der Waals surface area contributed by atoms with Gasteiger partial charge < -0.3 is 4.52 Å². The van der Waals surface area contributed by atoms with Crippen LogP contribution < -0.4 is 4.72 Å². The summed E-state index contributed by atoms with van der Waals surface area (Å²) in [6.07, 6.45) is 1.51. The van der Waals surface area contributed by atoms with Gasteiger partial charge >= 0.3 is 0 Å². The van der Waals surface area contributed by atoms with Crippen LogP contribution in [0.5, 0.6) is 0 Å². The molecule has 2 aromatic rings. The Morgan fingerprint density at radius 2 is 2.06 bits per heavy atom. The van der Waals surface area contributed by atoms with Gasteiger partial charge in [0.25, 0.3) is 10.0 Å². The molecule has 0 aliphatic rings. The van der Waals surface area contributed by atoms with E-state index in [1.165, 1.54) is 6.20 Å². The van der Waals surface area contributed by atoms with Gasteiger partial charge in [0.15, 0.2) is 10.7 Å². The number of nitrogens with zero attached hydrogens (tertiary/aromatic N) is 2. The van der Waals surface area contributed by atoms with E-state index in [-0.39, 0.29) is 16.5 Å². The lowest BCUT2D eigenvalue weighted by molar-refractivity contribution is 0.390. The average molecular weight is 253 g/mol. The Morgan fingerprint density at radius 3 is 2.59 bits per heavy atom. The van der Waals surface area contributed by atoms with Crippen LogP contribution >= 0.6 is 0 Å². The highest BCUT2D eigenvalue weighted by Gasteiger charge is 2.24. The molecule has 2 aromatic heterocycles. The number of hydrogen-bond donors (Lipinski definition) is 1. The molecule has 90 valence electrons. The molecule has 1 N–H and O–H groups in total. The van der Waals surface area contributed by atoms with Gasteiger partial charge in [0.1, 0.15) is 11.5 Å². The molecule has 0 fully saturated rings. The van der Waals surface area contributed by atoms with Crippen LogP contribution in [0.4, 0.5) is 5.82 Å². The molecule has 0 aliphatic carbocycles. The highest BCUT2D eigenvalue weighted by Crippen LogP contribution is 2.21. The molecule has 0 aromatic carbocycles. The zero-order valence-electron chi connectivity index (χ0n) is 9.34. The van der Waals surface area contributed by atoms with E-state index in [2.05, 4.69) is 14.9 Å². The van der Waals surface area contributed by atoms with Crippen LogP contribution in [0.2, 0.25) is 0 Å². The van der Waals surface area contributed by atoms with Gasteiger partial charge in [-0.25, -0.2) is 13.4 Å². The molecule has 7 heteroatoms. The normalized spacial score (nSPS) is 11.4. The van der Waals surface area contributed by atoms with E-state index in [0.29, 0.717) is 5.69 Å². The topological polar surface area (TPSA) is 85.1 Å². The van der Waals surface area contributed by atoms with Gasteiger partial charge in [0.05, 0.1) is 0 Å². The first-order valence-electron chi connectivity index (χ1n) is 4.87. The minimum atomic E-state index is -3.70. The third-order valence-corrected chi connectivity index (χ3v) is 3.74. The molecule has 6 nitrogen and oxygen atoms in total. The number of nitrogens with one attached hydrogen (secondary N) is 1. The lowest BCUT2D eigenvalue weighted by Crippen LogP contribution is -2.15. The second-order valence-electron chi connectivity index (χ2n) is 3.47. The SMILES string of the molecule is Cc1noc(C)c1S(=O)(=O)Nc1ccccn1. The fourth-order valence-corrected chi connectivity index (χ4v) is 2.81. The minimum absolute atomic E-state index is 0.0585. The summed E-state index contributed by atoms with van der Waals surface area (Å²) in [5.41, 5.74) is 0.325. The molecule has 0 bridgehead atoms. The molecule has 2 rings (SSSR count). The number of anilines is 1. The van der Waals surface area contributed by atoms with E-state index < -0.39 is 10.0 Å². The molecule has 0 aliphatic heterocycles. The number of pyridine rings is 1. The van der Waals surface area contributed by atoms with Gasteiger partial charge in [0.2, 0.25) is 0 Å². The molecule has 2 heterocycles. The largest absolute Gasteiger partial charge is 0.360 e. The van der Waals surface area contributed by atoms with E-state index in [0.717, 1.165) is 0 Å². The lowest BCUT2D eigenvalue weighted by Gasteiger charge is -2.05. The maximum absolute atomic E-state index is 12.1. The van der Waals surface area contributed by atoms with E-state index in [9.17, 15) is 8.42 Å². The van der Waals surface area contributed by atoms with Crippen molar-refractivity contribution in [2.24, 2.45) is 0 Å². The van der Waals surface area contributed by atoms with Gasteiger partial charge in [-0.1, -0.05) is 11.2 Å². The van der Waals surface area contributed by atoms with E-state index in [4.69, 9.17) is 4.52 Å². The highest BCUT2D eigenvalue weighted by atomic mass is 32.2. The summed E-state index contributed by atoms with van der Waals surface area (Å²) in [7, 11) is -3.70.